The Labute approximate surface area is 157 Å². The van der Waals surface area contributed by atoms with E-state index in [4.69, 9.17) is 9.47 Å². The van der Waals surface area contributed by atoms with Crippen LogP contribution in [-0.2, 0) is 6.54 Å². The smallest absolute Gasteiger partial charge is 0.258 e. The molecule has 27 heavy (non-hydrogen) atoms. The van der Waals surface area contributed by atoms with Gasteiger partial charge in [-0.05, 0) is 18.2 Å². The van der Waals surface area contributed by atoms with E-state index in [1.807, 2.05) is 42.5 Å². The number of benzene rings is 2. The van der Waals surface area contributed by atoms with E-state index in [1.54, 1.807) is 19.2 Å². The summed E-state index contributed by atoms with van der Waals surface area (Å²) >= 11 is 0. The monoisotopic (exact) mass is 364 g/mol. The van der Waals surface area contributed by atoms with Crippen molar-refractivity contribution in [2.75, 3.05) is 14.2 Å². The van der Waals surface area contributed by atoms with Gasteiger partial charge in [-0.3, -0.25) is 14.2 Å². The topological polar surface area (TPSA) is 69.6 Å². The Kier molecular flexibility index (Phi) is 5.56. The maximum absolute atomic E-state index is 12.7. The number of para-hydroxylation sites is 2. The van der Waals surface area contributed by atoms with Gasteiger partial charge in [0.2, 0.25) is 0 Å². The van der Waals surface area contributed by atoms with Crippen molar-refractivity contribution in [3.8, 4) is 17.2 Å². The van der Waals surface area contributed by atoms with Crippen molar-refractivity contribution in [3.05, 3.63) is 88.3 Å². The van der Waals surface area contributed by atoms with E-state index in [2.05, 4.69) is 5.32 Å². The van der Waals surface area contributed by atoms with Crippen LogP contribution in [0.15, 0.2) is 71.7 Å². The zero-order valence-electron chi connectivity index (χ0n) is 15.1. The SMILES string of the molecule is COc1ccccc1CNC(=O)c1cn(-c2ccccc2)c(=O)cc1OC. The number of pyridine rings is 1. The summed E-state index contributed by atoms with van der Waals surface area (Å²) in [6.45, 7) is 0.288. The summed E-state index contributed by atoms with van der Waals surface area (Å²) in [5, 5.41) is 2.85. The summed E-state index contributed by atoms with van der Waals surface area (Å²) in [4.78, 5) is 25.1. The average Bonchev–Trinajstić information content (AvgIpc) is 2.72. The minimum Gasteiger partial charge on any atom is -0.496 e. The third-order valence-corrected chi connectivity index (χ3v) is 4.15. The van der Waals surface area contributed by atoms with Crippen LogP contribution in [0.5, 0.6) is 11.5 Å². The summed E-state index contributed by atoms with van der Waals surface area (Å²) < 4.78 is 12.0. The number of aromatic nitrogens is 1. The van der Waals surface area contributed by atoms with Gasteiger partial charge in [-0.1, -0.05) is 36.4 Å². The second-order valence-electron chi connectivity index (χ2n) is 5.79. The molecule has 0 saturated heterocycles. The number of carbonyl (C=O) groups excluding carboxylic acids is 1. The molecular weight excluding hydrogens is 344 g/mol. The number of hydrogen-bond acceptors (Lipinski definition) is 4. The lowest BCUT2D eigenvalue weighted by Crippen LogP contribution is -2.27. The summed E-state index contributed by atoms with van der Waals surface area (Å²) in [6, 6.07) is 17.9. The zero-order valence-corrected chi connectivity index (χ0v) is 15.1. The Morgan fingerprint density at radius 1 is 0.963 bits per heavy atom. The van der Waals surface area contributed by atoms with Crippen LogP contribution in [0.2, 0.25) is 0 Å². The average molecular weight is 364 g/mol. The first kappa shape index (κ1) is 18.3. The highest BCUT2D eigenvalue weighted by atomic mass is 16.5. The van der Waals surface area contributed by atoms with Crippen LogP contribution in [0.25, 0.3) is 5.69 Å². The van der Waals surface area contributed by atoms with E-state index in [0.29, 0.717) is 11.4 Å². The predicted molar refractivity (Wildman–Crippen MR) is 103 cm³/mol. The van der Waals surface area contributed by atoms with Crippen molar-refractivity contribution < 1.29 is 14.3 Å². The van der Waals surface area contributed by atoms with Crippen LogP contribution in [0, 0.1) is 0 Å². The van der Waals surface area contributed by atoms with Crippen molar-refractivity contribution >= 4 is 5.91 Å². The van der Waals surface area contributed by atoms with Gasteiger partial charge in [-0.2, -0.15) is 0 Å². The fourth-order valence-corrected chi connectivity index (χ4v) is 2.77. The Hall–Kier alpha value is -3.54. The molecule has 0 bridgehead atoms. The molecule has 0 atom stereocenters. The Morgan fingerprint density at radius 3 is 2.33 bits per heavy atom. The van der Waals surface area contributed by atoms with Crippen LogP contribution in [-0.4, -0.2) is 24.7 Å². The van der Waals surface area contributed by atoms with Crippen molar-refractivity contribution in [1.29, 1.82) is 0 Å². The molecule has 0 aliphatic rings. The highest BCUT2D eigenvalue weighted by Gasteiger charge is 2.16. The van der Waals surface area contributed by atoms with E-state index < -0.39 is 0 Å². The summed E-state index contributed by atoms with van der Waals surface area (Å²) in [7, 11) is 3.01. The van der Waals surface area contributed by atoms with Gasteiger partial charge >= 0.3 is 0 Å². The molecule has 1 amide bonds. The molecule has 2 aromatic carbocycles. The second kappa shape index (κ2) is 8.23. The lowest BCUT2D eigenvalue weighted by Gasteiger charge is -2.13. The van der Waals surface area contributed by atoms with Gasteiger partial charge < -0.3 is 14.8 Å². The molecule has 0 unspecified atom stereocenters. The molecule has 6 heteroatoms. The van der Waals surface area contributed by atoms with Crippen LogP contribution in [0.4, 0.5) is 0 Å². The van der Waals surface area contributed by atoms with E-state index in [9.17, 15) is 9.59 Å². The minimum absolute atomic E-state index is 0.227. The molecular formula is C21H20N2O4. The van der Waals surface area contributed by atoms with Crippen LogP contribution in [0.1, 0.15) is 15.9 Å². The van der Waals surface area contributed by atoms with Gasteiger partial charge in [0.1, 0.15) is 11.5 Å². The number of amides is 1. The lowest BCUT2D eigenvalue weighted by atomic mass is 10.2. The number of carbonyl (C=O) groups is 1. The van der Waals surface area contributed by atoms with E-state index >= 15 is 0 Å². The van der Waals surface area contributed by atoms with Gasteiger partial charge in [0, 0.05) is 30.1 Å². The minimum atomic E-state index is -0.345. The van der Waals surface area contributed by atoms with Gasteiger partial charge in [0.05, 0.1) is 19.8 Å². The van der Waals surface area contributed by atoms with Gasteiger partial charge in [-0.25, -0.2) is 0 Å². The first-order valence-electron chi connectivity index (χ1n) is 8.40. The number of nitrogens with one attached hydrogen (secondary N) is 1. The highest BCUT2D eigenvalue weighted by molar-refractivity contribution is 5.96. The number of methoxy groups -OCH3 is 2. The van der Waals surface area contributed by atoms with E-state index in [-0.39, 0.29) is 29.3 Å². The molecule has 138 valence electrons. The third kappa shape index (κ3) is 4.00. The summed E-state index contributed by atoms with van der Waals surface area (Å²) in [6.07, 6.45) is 1.49. The normalized spacial score (nSPS) is 10.3. The molecule has 0 saturated carbocycles. The Balaban J connectivity index is 1.90. The Bertz CT molecular complexity index is 997. The zero-order chi connectivity index (χ0) is 19.2. The number of nitrogens with zero attached hydrogens (tertiary/aromatic N) is 1. The molecule has 0 radical (unpaired) electrons. The molecule has 6 nitrogen and oxygen atoms in total. The van der Waals surface area contributed by atoms with Crippen molar-refractivity contribution in [2.45, 2.75) is 6.54 Å². The van der Waals surface area contributed by atoms with Gasteiger partial charge in [0.15, 0.2) is 0 Å². The first-order valence-corrected chi connectivity index (χ1v) is 8.40. The standard InChI is InChI=1S/C21H20N2O4/c1-26-18-11-7-6-8-15(18)13-22-21(25)17-14-23(16-9-4-3-5-10-16)20(24)12-19(17)27-2/h3-12,14H,13H2,1-2H3,(H,22,25). The maximum atomic E-state index is 12.7. The fourth-order valence-electron chi connectivity index (χ4n) is 2.77. The molecule has 0 spiro atoms. The summed E-state index contributed by atoms with van der Waals surface area (Å²) in [5.74, 6) is 0.575. The molecule has 0 aliphatic carbocycles. The highest BCUT2D eigenvalue weighted by Crippen LogP contribution is 2.19. The van der Waals surface area contributed by atoms with Gasteiger partial charge in [-0.15, -0.1) is 0 Å². The van der Waals surface area contributed by atoms with Crippen LogP contribution in [0.3, 0.4) is 0 Å². The van der Waals surface area contributed by atoms with E-state index in [0.717, 1.165) is 5.56 Å². The number of ether oxygens (including phenoxy) is 2. The molecule has 1 aromatic heterocycles. The quantitative estimate of drug-likeness (QED) is 0.730. The van der Waals surface area contributed by atoms with Crippen LogP contribution >= 0.6 is 0 Å². The van der Waals surface area contributed by atoms with Crippen molar-refractivity contribution in [3.63, 3.8) is 0 Å². The molecule has 0 fully saturated rings. The fraction of sp³-hybridized carbons (Fsp3) is 0.143. The Morgan fingerprint density at radius 2 is 1.63 bits per heavy atom. The van der Waals surface area contributed by atoms with Gasteiger partial charge in [0.25, 0.3) is 11.5 Å². The molecule has 1 N–H and O–H groups in total. The predicted octanol–water partition coefficient (Wildman–Crippen LogP) is 2.78. The number of hydrogen-bond donors (Lipinski definition) is 1. The van der Waals surface area contributed by atoms with Crippen molar-refractivity contribution in [1.82, 2.24) is 9.88 Å². The maximum Gasteiger partial charge on any atom is 0.258 e. The van der Waals surface area contributed by atoms with E-state index in [1.165, 1.54) is 23.9 Å². The van der Waals surface area contributed by atoms with Crippen molar-refractivity contribution in [2.24, 2.45) is 0 Å². The first-order chi connectivity index (χ1) is 13.1. The molecule has 0 aliphatic heterocycles. The van der Waals surface area contributed by atoms with Crippen LogP contribution < -0.4 is 20.3 Å². The largest absolute Gasteiger partial charge is 0.496 e. The summed E-state index contributed by atoms with van der Waals surface area (Å²) in [5.41, 5.74) is 1.52. The second-order valence-corrected chi connectivity index (χ2v) is 5.79. The molecule has 1 heterocycles. The number of rotatable bonds is 6. The lowest BCUT2D eigenvalue weighted by molar-refractivity contribution is 0.0947. The third-order valence-electron chi connectivity index (χ3n) is 4.15. The molecule has 3 rings (SSSR count). The molecule has 3 aromatic rings.